The van der Waals surface area contributed by atoms with E-state index in [0.29, 0.717) is 24.0 Å². The second-order valence-electron chi connectivity index (χ2n) is 7.09. The highest BCUT2D eigenvalue weighted by atomic mass is 32.2. The molecule has 170 valence electrons. The molecule has 0 spiro atoms. The number of sulfone groups is 1. The Bertz CT molecular complexity index is 1190. The van der Waals surface area contributed by atoms with Crippen LogP contribution in [0.15, 0.2) is 47.5 Å². The zero-order valence-electron chi connectivity index (χ0n) is 18.1. The lowest BCUT2D eigenvalue weighted by molar-refractivity contribution is 0.101. The first-order valence-corrected chi connectivity index (χ1v) is 11.5. The third kappa shape index (κ3) is 6.25. The number of nitrogens with one attached hydrogen (secondary N) is 2. The fourth-order valence-electron chi connectivity index (χ4n) is 2.73. The van der Waals surface area contributed by atoms with Gasteiger partial charge in [-0.05, 0) is 31.2 Å². The summed E-state index contributed by atoms with van der Waals surface area (Å²) in [4.78, 5) is 21.3. The number of hydrogen-bond acceptors (Lipinski definition) is 9. The highest BCUT2D eigenvalue weighted by molar-refractivity contribution is 7.90. The Morgan fingerprint density at radius 2 is 1.88 bits per heavy atom. The number of aromatic nitrogens is 4. The number of carbonyl (C=O) groups is 1. The predicted molar refractivity (Wildman–Crippen MR) is 118 cm³/mol. The molecule has 3 aromatic rings. The molecule has 1 unspecified atom stereocenters. The second kappa shape index (κ2) is 9.75. The fourth-order valence-corrected chi connectivity index (χ4v) is 3.36. The second-order valence-corrected chi connectivity index (χ2v) is 9.11. The molecule has 0 saturated carbocycles. The Kier molecular flexibility index (Phi) is 7.05. The molecule has 2 heterocycles. The van der Waals surface area contributed by atoms with E-state index in [4.69, 9.17) is 9.47 Å². The van der Waals surface area contributed by atoms with Crippen molar-refractivity contribution in [3.05, 3.63) is 48.4 Å². The van der Waals surface area contributed by atoms with Crippen molar-refractivity contribution in [3.63, 3.8) is 0 Å². The molecule has 12 heteroatoms. The summed E-state index contributed by atoms with van der Waals surface area (Å²) in [5.41, 5.74) is 0. The monoisotopic (exact) mass is 460 g/mol. The molecule has 3 rings (SSSR count). The predicted octanol–water partition coefficient (Wildman–Crippen LogP) is 2.10. The summed E-state index contributed by atoms with van der Waals surface area (Å²) in [6.45, 7) is 2.31. The van der Waals surface area contributed by atoms with Crippen LogP contribution in [-0.4, -0.2) is 60.1 Å². The molecule has 0 aliphatic heterocycles. The molecule has 0 aliphatic rings. The third-order valence-electron chi connectivity index (χ3n) is 4.15. The SMILES string of the molecule is COCC(C)Nc1cc(Oc2ccc(S(C)(=O)=O)cc2)nc(C(=O)Nc2ccn(C)n2)n1. The van der Waals surface area contributed by atoms with Gasteiger partial charge in [-0.15, -0.1) is 0 Å². The molecular formula is C20H24N6O5S. The van der Waals surface area contributed by atoms with Crippen LogP contribution in [0.3, 0.4) is 0 Å². The van der Waals surface area contributed by atoms with Crippen molar-refractivity contribution in [2.75, 3.05) is 30.6 Å². The van der Waals surface area contributed by atoms with Gasteiger partial charge in [-0.2, -0.15) is 10.1 Å². The van der Waals surface area contributed by atoms with Gasteiger partial charge < -0.3 is 20.1 Å². The maximum Gasteiger partial charge on any atom is 0.294 e. The standard InChI is InChI=1S/C20H24N6O5S/c1-13(12-30-3)21-17-11-18(31-14-5-7-15(8-6-14)32(4,28)29)24-19(22-17)20(27)23-16-9-10-26(2)25-16/h5-11,13H,12H2,1-4H3,(H,21,22,24)(H,23,25,27). The van der Waals surface area contributed by atoms with Gasteiger partial charge in [0.2, 0.25) is 11.7 Å². The number of ether oxygens (including phenoxy) is 2. The van der Waals surface area contributed by atoms with Gasteiger partial charge in [0.15, 0.2) is 15.7 Å². The molecule has 1 atom stereocenters. The topological polar surface area (TPSA) is 137 Å². The summed E-state index contributed by atoms with van der Waals surface area (Å²) in [6, 6.07) is 8.96. The van der Waals surface area contributed by atoms with Crippen LogP contribution in [0, 0.1) is 0 Å². The number of hydrogen-bond donors (Lipinski definition) is 2. The van der Waals surface area contributed by atoms with E-state index >= 15 is 0 Å². The molecule has 1 amide bonds. The maximum atomic E-state index is 12.7. The van der Waals surface area contributed by atoms with E-state index in [1.54, 1.807) is 31.1 Å². The van der Waals surface area contributed by atoms with Crippen molar-refractivity contribution in [1.82, 2.24) is 19.7 Å². The van der Waals surface area contributed by atoms with Gasteiger partial charge in [-0.25, -0.2) is 13.4 Å². The number of benzene rings is 1. The van der Waals surface area contributed by atoms with Gasteiger partial charge in [-0.1, -0.05) is 0 Å². The number of amides is 1. The minimum atomic E-state index is -3.33. The number of anilines is 2. The van der Waals surface area contributed by atoms with Crippen LogP contribution in [0.5, 0.6) is 11.6 Å². The summed E-state index contributed by atoms with van der Waals surface area (Å²) >= 11 is 0. The Morgan fingerprint density at radius 1 is 1.16 bits per heavy atom. The first kappa shape index (κ1) is 23.2. The molecule has 0 aliphatic carbocycles. The van der Waals surface area contributed by atoms with E-state index in [1.165, 1.54) is 30.3 Å². The number of methoxy groups -OCH3 is 1. The van der Waals surface area contributed by atoms with E-state index < -0.39 is 15.7 Å². The van der Waals surface area contributed by atoms with Gasteiger partial charge in [0.25, 0.3) is 5.91 Å². The van der Waals surface area contributed by atoms with Crippen molar-refractivity contribution < 1.29 is 22.7 Å². The van der Waals surface area contributed by atoms with Crippen molar-refractivity contribution in [1.29, 1.82) is 0 Å². The molecule has 0 bridgehead atoms. The highest BCUT2D eigenvalue weighted by Crippen LogP contribution is 2.24. The number of aryl methyl sites for hydroxylation is 1. The number of nitrogens with zero attached hydrogens (tertiary/aromatic N) is 4. The average Bonchev–Trinajstić information content (AvgIpc) is 3.12. The summed E-state index contributed by atoms with van der Waals surface area (Å²) < 4.78 is 35.7. The van der Waals surface area contributed by atoms with E-state index in [2.05, 4.69) is 25.7 Å². The summed E-state index contributed by atoms with van der Waals surface area (Å²) in [6.07, 6.45) is 2.81. The Labute approximate surface area is 185 Å². The summed E-state index contributed by atoms with van der Waals surface area (Å²) in [5.74, 6) is 0.468. The Morgan fingerprint density at radius 3 is 2.47 bits per heavy atom. The zero-order chi connectivity index (χ0) is 23.3. The lowest BCUT2D eigenvalue weighted by Gasteiger charge is -2.15. The zero-order valence-corrected chi connectivity index (χ0v) is 18.9. The van der Waals surface area contributed by atoms with Crippen LogP contribution in [-0.2, 0) is 21.6 Å². The van der Waals surface area contributed by atoms with Crippen molar-refractivity contribution >= 4 is 27.4 Å². The molecule has 32 heavy (non-hydrogen) atoms. The van der Waals surface area contributed by atoms with Crippen LogP contribution < -0.4 is 15.4 Å². The lowest BCUT2D eigenvalue weighted by Crippen LogP contribution is -2.23. The molecule has 2 aromatic heterocycles. The average molecular weight is 461 g/mol. The summed E-state index contributed by atoms with van der Waals surface area (Å²) in [5, 5.41) is 9.86. The highest BCUT2D eigenvalue weighted by Gasteiger charge is 2.16. The fraction of sp³-hybridized carbons (Fsp3) is 0.300. The maximum absolute atomic E-state index is 12.7. The van der Waals surface area contributed by atoms with E-state index in [9.17, 15) is 13.2 Å². The van der Waals surface area contributed by atoms with Crippen LogP contribution in [0.25, 0.3) is 0 Å². The molecule has 0 saturated heterocycles. The summed E-state index contributed by atoms with van der Waals surface area (Å²) in [7, 11) is -0.0147. The lowest BCUT2D eigenvalue weighted by atomic mass is 10.3. The van der Waals surface area contributed by atoms with Gasteiger partial charge in [0, 0.05) is 44.8 Å². The number of rotatable bonds is 9. The van der Waals surface area contributed by atoms with Crippen molar-refractivity contribution in [2.24, 2.45) is 7.05 Å². The molecule has 1 aromatic carbocycles. The van der Waals surface area contributed by atoms with E-state index in [1.807, 2.05) is 6.92 Å². The van der Waals surface area contributed by atoms with E-state index in [-0.39, 0.29) is 22.6 Å². The quantitative estimate of drug-likeness (QED) is 0.492. The molecule has 11 nitrogen and oxygen atoms in total. The van der Waals surface area contributed by atoms with Crippen molar-refractivity contribution in [3.8, 4) is 11.6 Å². The Balaban J connectivity index is 1.87. The van der Waals surface area contributed by atoms with Gasteiger partial charge in [0.1, 0.15) is 11.6 Å². The molecular weight excluding hydrogens is 436 g/mol. The van der Waals surface area contributed by atoms with E-state index in [0.717, 1.165) is 6.26 Å². The van der Waals surface area contributed by atoms with Gasteiger partial charge in [-0.3, -0.25) is 9.48 Å². The largest absolute Gasteiger partial charge is 0.439 e. The van der Waals surface area contributed by atoms with Crippen molar-refractivity contribution in [2.45, 2.75) is 17.9 Å². The number of carbonyl (C=O) groups excluding carboxylic acids is 1. The molecule has 2 N–H and O–H groups in total. The minimum Gasteiger partial charge on any atom is -0.439 e. The smallest absolute Gasteiger partial charge is 0.294 e. The van der Waals surface area contributed by atoms with Gasteiger partial charge >= 0.3 is 0 Å². The van der Waals surface area contributed by atoms with Gasteiger partial charge in [0.05, 0.1) is 11.5 Å². The van der Waals surface area contributed by atoms with Crippen LogP contribution in [0.4, 0.5) is 11.6 Å². The first-order chi connectivity index (χ1) is 15.1. The van der Waals surface area contributed by atoms with Crippen LogP contribution in [0.1, 0.15) is 17.5 Å². The first-order valence-electron chi connectivity index (χ1n) is 9.57. The third-order valence-corrected chi connectivity index (χ3v) is 5.27. The Hall–Kier alpha value is -3.51. The molecule has 0 radical (unpaired) electrons. The minimum absolute atomic E-state index is 0.0940. The van der Waals surface area contributed by atoms with Crippen LogP contribution in [0.2, 0.25) is 0 Å². The van der Waals surface area contributed by atoms with Crippen LogP contribution >= 0.6 is 0 Å². The molecule has 0 fully saturated rings. The normalized spacial score (nSPS) is 12.2.